The molecule has 1 aliphatic heterocycles. The van der Waals surface area contributed by atoms with Gasteiger partial charge in [-0.3, -0.25) is 4.90 Å². The fourth-order valence-electron chi connectivity index (χ4n) is 2.79. The fraction of sp³-hybridized carbons (Fsp3) is 0.600. The highest BCUT2D eigenvalue weighted by molar-refractivity contribution is 9.10. The lowest BCUT2D eigenvalue weighted by Gasteiger charge is -2.40. The van der Waals surface area contributed by atoms with Gasteiger partial charge in [0.2, 0.25) is 0 Å². The first-order chi connectivity index (χ1) is 9.02. The van der Waals surface area contributed by atoms with Gasteiger partial charge >= 0.3 is 0 Å². The zero-order valence-electron chi connectivity index (χ0n) is 11.6. The Bertz CT molecular complexity index is 438. The first-order valence-electron chi connectivity index (χ1n) is 6.92. The molecule has 2 N–H and O–H groups in total. The minimum absolute atomic E-state index is 0.123. The van der Waals surface area contributed by atoms with E-state index < -0.39 is 0 Å². The van der Waals surface area contributed by atoms with Crippen molar-refractivity contribution < 1.29 is 4.39 Å². The Kier molecular flexibility index (Phi) is 4.98. The monoisotopic (exact) mass is 328 g/mol. The summed E-state index contributed by atoms with van der Waals surface area (Å²) in [6.07, 6.45) is 1.19. The number of likely N-dealkylation sites (tertiary alicyclic amines) is 1. The summed E-state index contributed by atoms with van der Waals surface area (Å²) in [6.45, 7) is 7.21. The number of halogens is 2. The molecule has 0 radical (unpaired) electrons. The van der Waals surface area contributed by atoms with Crippen LogP contribution in [0.15, 0.2) is 22.7 Å². The van der Waals surface area contributed by atoms with Gasteiger partial charge in [-0.15, -0.1) is 0 Å². The zero-order chi connectivity index (χ0) is 14.0. The van der Waals surface area contributed by atoms with Gasteiger partial charge in [-0.05, 0) is 58.4 Å². The number of rotatable bonds is 3. The summed E-state index contributed by atoms with van der Waals surface area (Å²) in [7, 11) is 0. The summed E-state index contributed by atoms with van der Waals surface area (Å²) in [5.41, 5.74) is 6.90. The molecule has 2 nitrogen and oxygen atoms in total. The Labute approximate surface area is 123 Å². The third kappa shape index (κ3) is 3.36. The quantitative estimate of drug-likeness (QED) is 0.919. The van der Waals surface area contributed by atoms with Gasteiger partial charge in [-0.25, -0.2) is 4.39 Å². The standard InChI is InChI=1S/C15H22BrFN2/c1-10-5-6-19(9-11(10)2)15(8-18)12-3-4-13(16)14(17)7-12/h3-4,7,10-11,15H,5-6,8-9,18H2,1-2H3. The van der Waals surface area contributed by atoms with Crippen LogP contribution in [0.1, 0.15) is 31.9 Å². The van der Waals surface area contributed by atoms with E-state index in [1.807, 2.05) is 6.07 Å². The van der Waals surface area contributed by atoms with Crippen LogP contribution in [0.25, 0.3) is 0 Å². The summed E-state index contributed by atoms with van der Waals surface area (Å²) in [6, 6.07) is 5.46. The van der Waals surface area contributed by atoms with Crippen LogP contribution in [0, 0.1) is 17.7 Å². The number of benzene rings is 1. The first-order valence-corrected chi connectivity index (χ1v) is 7.71. The third-order valence-corrected chi connectivity index (χ3v) is 5.00. The molecular weight excluding hydrogens is 307 g/mol. The van der Waals surface area contributed by atoms with Gasteiger partial charge in [0.25, 0.3) is 0 Å². The van der Waals surface area contributed by atoms with Gasteiger partial charge in [0.05, 0.1) is 4.47 Å². The SMILES string of the molecule is CC1CCN(C(CN)c2ccc(Br)c(F)c2)CC1C. The predicted molar refractivity (Wildman–Crippen MR) is 80.4 cm³/mol. The Morgan fingerprint density at radius 2 is 2.16 bits per heavy atom. The van der Waals surface area contributed by atoms with Gasteiger partial charge in [-0.1, -0.05) is 19.9 Å². The van der Waals surface area contributed by atoms with E-state index in [1.165, 1.54) is 6.42 Å². The molecule has 2 rings (SSSR count). The molecule has 1 saturated heterocycles. The summed E-state index contributed by atoms with van der Waals surface area (Å²) >= 11 is 3.19. The maximum atomic E-state index is 13.7. The molecule has 3 unspecified atom stereocenters. The second-order valence-electron chi connectivity index (χ2n) is 5.66. The third-order valence-electron chi connectivity index (χ3n) is 4.36. The second-order valence-corrected chi connectivity index (χ2v) is 6.52. The molecule has 0 saturated carbocycles. The molecule has 0 aliphatic carbocycles. The lowest BCUT2D eigenvalue weighted by atomic mass is 9.87. The molecule has 0 aromatic heterocycles. The molecule has 1 aliphatic rings. The van der Waals surface area contributed by atoms with Crippen LogP contribution in [0.5, 0.6) is 0 Å². The molecule has 1 fully saturated rings. The topological polar surface area (TPSA) is 29.3 Å². The van der Waals surface area contributed by atoms with E-state index in [1.54, 1.807) is 12.1 Å². The smallest absolute Gasteiger partial charge is 0.137 e. The van der Waals surface area contributed by atoms with Gasteiger partial charge < -0.3 is 5.73 Å². The molecule has 0 bridgehead atoms. The molecule has 19 heavy (non-hydrogen) atoms. The van der Waals surface area contributed by atoms with Crippen molar-refractivity contribution in [3.63, 3.8) is 0 Å². The van der Waals surface area contributed by atoms with Crippen LogP contribution in [-0.2, 0) is 0 Å². The van der Waals surface area contributed by atoms with Crippen LogP contribution >= 0.6 is 15.9 Å². The van der Waals surface area contributed by atoms with Crippen LogP contribution in [0.4, 0.5) is 4.39 Å². The predicted octanol–water partition coefficient (Wildman–Crippen LogP) is 3.57. The van der Waals surface area contributed by atoms with E-state index >= 15 is 0 Å². The number of nitrogens with zero attached hydrogens (tertiary/aromatic N) is 1. The average Bonchev–Trinajstić information content (AvgIpc) is 2.39. The Balaban J connectivity index is 2.17. The van der Waals surface area contributed by atoms with Crippen molar-refractivity contribution in [3.05, 3.63) is 34.1 Å². The molecule has 0 spiro atoms. The molecule has 106 valence electrons. The van der Waals surface area contributed by atoms with Crippen molar-refractivity contribution in [1.29, 1.82) is 0 Å². The van der Waals surface area contributed by atoms with E-state index in [9.17, 15) is 4.39 Å². The Morgan fingerprint density at radius 1 is 1.42 bits per heavy atom. The molecule has 0 amide bonds. The number of nitrogens with two attached hydrogens (primary N) is 1. The van der Waals surface area contributed by atoms with Crippen molar-refractivity contribution in [2.45, 2.75) is 26.3 Å². The maximum absolute atomic E-state index is 13.7. The maximum Gasteiger partial charge on any atom is 0.137 e. The van der Waals surface area contributed by atoms with Crippen molar-refractivity contribution >= 4 is 15.9 Å². The van der Waals surface area contributed by atoms with E-state index in [2.05, 4.69) is 34.7 Å². The highest BCUT2D eigenvalue weighted by atomic mass is 79.9. The van der Waals surface area contributed by atoms with Crippen molar-refractivity contribution in [1.82, 2.24) is 4.90 Å². The van der Waals surface area contributed by atoms with E-state index in [0.29, 0.717) is 16.9 Å². The van der Waals surface area contributed by atoms with Gasteiger partial charge in [-0.2, -0.15) is 0 Å². The fourth-order valence-corrected chi connectivity index (χ4v) is 3.04. The normalized spacial score (nSPS) is 26.4. The Morgan fingerprint density at radius 3 is 2.74 bits per heavy atom. The molecule has 3 atom stereocenters. The summed E-state index contributed by atoms with van der Waals surface area (Å²) < 4.78 is 14.2. The van der Waals surface area contributed by atoms with E-state index in [0.717, 1.165) is 24.6 Å². The van der Waals surface area contributed by atoms with Gasteiger partial charge in [0.15, 0.2) is 0 Å². The lowest BCUT2D eigenvalue weighted by Crippen LogP contribution is -2.43. The van der Waals surface area contributed by atoms with Crippen molar-refractivity contribution in [2.24, 2.45) is 17.6 Å². The number of piperidine rings is 1. The highest BCUT2D eigenvalue weighted by Gasteiger charge is 2.28. The average molecular weight is 329 g/mol. The zero-order valence-corrected chi connectivity index (χ0v) is 13.2. The van der Waals surface area contributed by atoms with Crippen molar-refractivity contribution in [2.75, 3.05) is 19.6 Å². The van der Waals surface area contributed by atoms with Crippen molar-refractivity contribution in [3.8, 4) is 0 Å². The number of hydrogen-bond acceptors (Lipinski definition) is 2. The van der Waals surface area contributed by atoms with E-state index in [-0.39, 0.29) is 11.9 Å². The number of hydrogen-bond donors (Lipinski definition) is 1. The molecule has 1 aromatic rings. The molecular formula is C15H22BrFN2. The van der Waals surface area contributed by atoms with Gasteiger partial charge in [0.1, 0.15) is 5.82 Å². The van der Waals surface area contributed by atoms with Gasteiger partial charge in [0, 0.05) is 19.1 Å². The molecule has 1 heterocycles. The molecule has 4 heteroatoms. The van der Waals surface area contributed by atoms with E-state index in [4.69, 9.17) is 5.73 Å². The van der Waals surface area contributed by atoms with Crippen LogP contribution in [0.2, 0.25) is 0 Å². The second kappa shape index (κ2) is 6.33. The van der Waals surface area contributed by atoms with Crippen LogP contribution < -0.4 is 5.73 Å². The lowest BCUT2D eigenvalue weighted by molar-refractivity contribution is 0.0981. The summed E-state index contributed by atoms with van der Waals surface area (Å²) in [4.78, 5) is 2.40. The largest absolute Gasteiger partial charge is 0.329 e. The summed E-state index contributed by atoms with van der Waals surface area (Å²) in [5.74, 6) is 1.22. The van der Waals surface area contributed by atoms with Crippen LogP contribution in [0.3, 0.4) is 0 Å². The minimum atomic E-state index is -0.214. The Hall–Kier alpha value is -0.450. The first kappa shape index (κ1) is 14.9. The highest BCUT2D eigenvalue weighted by Crippen LogP contribution is 2.30. The summed E-state index contributed by atoms with van der Waals surface area (Å²) in [5, 5.41) is 0. The van der Waals surface area contributed by atoms with Crippen LogP contribution in [-0.4, -0.2) is 24.5 Å². The minimum Gasteiger partial charge on any atom is -0.329 e. The molecule has 1 aromatic carbocycles.